The molecule has 6 heteroatoms. The van der Waals surface area contributed by atoms with Crippen LogP contribution in [0.25, 0.3) is 0 Å². The lowest BCUT2D eigenvalue weighted by molar-refractivity contribution is 0.494. The van der Waals surface area contributed by atoms with Gasteiger partial charge >= 0.3 is 0 Å². The Morgan fingerprint density at radius 2 is 2.17 bits per heavy atom. The van der Waals surface area contributed by atoms with Crippen LogP contribution in [0.4, 0.5) is 5.69 Å². The van der Waals surface area contributed by atoms with Crippen LogP contribution in [0.2, 0.25) is 0 Å². The van der Waals surface area contributed by atoms with E-state index in [2.05, 4.69) is 26.8 Å². The number of aryl methyl sites for hydroxylation is 1. The van der Waals surface area contributed by atoms with Crippen molar-refractivity contribution < 1.29 is 0 Å². The first-order valence-corrected chi connectivity index (χ1v) is 6.47. The molecule has 3 heterocycles. The molecule has 0 amide bonds. The smallest absolute Gasteiger partial charge is 0.157 e. The molecular formula is C12H18N6. The van der Waals surface area contributed by atoms with Crippen LogP contribution in [0, 0.1) is 0 Å². The van der Waals surface area contributed by atoms with Crippen LogP contribution in [0.3, 0.4) is 0 Å². The summed E-state index contributed by atoms with van der Waals surface area (Å²) in [7, 11) is 0. The van der Waals surface area contributed by atoms with Crippen molar-refractivity contribution in [3.63, 3.8) is 0 Å². The predicted molar refractivity (Wildman–Crippen MR) is 68.0 cm³/mol. The molecule has 3 rings (SSSR count). The van der Waals surface area contributed by atoms with Gasteiger partial charge in [0.1, 0.15) is 11.9 Å². The van der Waals surface area contributed by atoms with Crippen LogP contribution in [0.15, 0.2) is 12.4 Å². The molecule has 0 bridgehead atoms. The van der Waals surface area contributed by atoms with Crippen LogP contribution < -0.4 is 5.73 Å². The number of anilines is 1. The van der Waals surface area contributed by atoms with Gasteiger partial charge in [0.05, 0.1) is 11.9 Å². The third-order valence-electron chi connectivity index (χ3n) is 3.53. The largest absolute Gasteiger partial charge is 0.396 e. The normalized spacial score (nSPS) is 17.2. The summed E-state index contributed by atoms with van der Waals surface area (Å²) in [5.74, 6) is 2.09. The molecule has 0 saturated carbocycles. The average Bonchev–Trinajstić information content (AvgIpc) is 2.89. The van der Waals surface area contributed by atoms with Crippen LogP contribution in [0.5, 0.6) is 0 Å². The Morgan fingerprint density at radius 1 is 1.28 bits per heavy atom. The summed E-state index contributed by atoms with van der Waals surface area (Å²) in [6, 6.07) is 0.0710. The van der Waals surface area contributed by atoms with Gasteiger partial charge in [-0.3, -0.25) is 4.68 Å². The third-order valence-corrected chi connectivity index (χ3v) is 3.53. The molecule has 0 unspecified atom stereocenters. The highest BCUT2D eigenvalue weighted by molar-refractivity contribution is 5.31. The van der Waals surface area contributed by atoms with E-state index in [0.717, 1.165) is 24.6 Å². The second-order valence-electron chi connectivity index (χ2n) is 4.87. The number of rotatable bonds is 2. The van der Waals surface area contributed by atoms with Crippen molar-refractivity contribution in [1.82, 2.24) is 24.5 Å². The summed E-state index contributed by atoms with van der Waals surface area (Å²) in [6.45, 7) is 3.09. The summed E-state index contributed by atoms with van der Waals surface area (Å²) in [6.07, 6.45) is 8.21. The lowest BCUT2D eigenvalue weighted by atomic mass is 10.2. The lowest BCUT2D eigenvalue weighted by Gasteiger charge is -2.13. The van der Waals surface area contributed by atoms with Crippen molar-refractivity contribution in [3.05, 3.63) is 24.0 Å². The molecule has 2 aromatic rings. The first-order chi connectivity index (χ1) is 8.75. The number of hydrogen-bond acceptors (Lipinski definition) is 4. The van der Waals surface area contributed by atoms with Gasteiger partial charge < -0.3 is 10.3 Å². The zero-order valence-corrected chi connectivity index (χ0v) is 10.6. The Labute approximate surface area is 106 Å². The predicted octanol–water partition coefficient (Wildman–Crippen LogP) is 1.39. The Balaban J connectivity index is 1.94. The number of aromatic nitrogens is 5. The molecule has 1 aliphatic heterocycles. The first-order valence-electron chi connectivity index (χ1n) is 6.47. The summed E-state index contributed by atoms with van der Waals surface area (Å²) in [5, 5.41) is 12.9. The second kappa shape index (κ2) is 4.44. The zero-order valence-electron chi connectivity index (χ0n) is 10.6. The molecule has 1 atom stereocenters. The van der Waals surface area contributed by atoms with Crippen molar-refractivity contribution in [2.24, 2.45) is 0 Å². The molecule has 0 aliphatic carbocycles. The maximum atomic E-state index is 5.71. The van der Waals surface area contributed by atoms with Crippen molar-refractivity contribution in [3.8, 4) is 0 Å². The van der Waals surface area contributed by atoms with Gasteiger partial charge in [0.15, 0.2) is 5.82 Å². The SMILES string of the molecule is C[C@@H](c1nnc2n1CCCCC2)n1cc(N)cn1. The Kier molecular flexibility index (Phi) is 2.77. The van der Waals surface area contributed by atoms with Crippen LogP contribution in [0.1, 0.15) is 43.9 Å². The van der Waals surface area contributed by atoms with E-state index in [1.807, 2.05) is 10.9 Å². The fourth-order valence-corrected chi connectivity index (χ4v) is 2.50. The molecule has 2 N–H and O–H groups in total. The topological polar surface area (TPSA) is 74.5 Å². The standard InChI is InChI=1S/C12H18N6/c1-9(18-8-10(13)7-14-18)12-16-15-11-5-3-2-4-6-17(11)12/h7-9H,2-6,13H2,1H3/t9-/m0/s1. The molecule has 0 spiro atoms. The molecule has 96 valence electrons. The summed E-state index contributed by atoms with van der Waals surface area (Å²) < 4.78 is 4.09. The molecular weight excluding hydrogens is 228 g/mol. The minimum absolute atomic E-state index is 0.0710. The summed E-state index contributed by atoms with van der Waals surface area (Å²) in [4.78, 5) is 0. The van der Waals surface area contributed by atoms with Gasteiger partial charge in [0.25, 0.3) is 0 Å². The van der Waals surface area contributed by atoms with Crippen molar-refractivity contribution in [2.75, 3.05) is 5.73 Å². The van der Waals surface area contributed by atoms with E-state index in [0.29, 0.717) is 5.69 Å². The minimum atomic E-state index is 0.0710. The van der Waals surface area contributed by atoms with Crippen molar-refractivity contribution >= 4 is 5.69 Å². The van der Waals surface area contributed by atoms with E-state index >= 15 is 0 Å². The van der Waals surface area contributed by atoms with Crippen LogP contribution >= 0.6 is 0 Å². The highest BCUT2D eigenvalue weighted by Gasteiger charge is 2.20. The highest BCUT2D eigenvalue weighted by atomic mass is 15.4. The summed E-state index contributed by atoms with van der Waals surface area (Å²) >= 11 is 0. The summed E-state index contributed by atoms with van der Waals surface area (Å²) in [5.41, 5.74) is 6.38. The fourth-order valence-electron chi connectivity index (χ4n) is 2.50. The first kappa shape index (κ1) is 11.3. The maximum Gasteiger partial charge on any atom is 0.157 e. The monoisotopic (exact) mass is 246 g/mol. The molecule has 18 heavy (non-hydrogen) atoms. The van der Waals surface area contributed by atoms with Gasteiger partial charge in [0, 0.05) is 19.2 Å². The number of hydrogen-bond donors (Lipinski definition) is 1. The molecule has 0 saturated heterocycles. The molecule has 1 aliphatic rings. The van der Waals surface area contributed by atoms with Gasteiger partial charge in [-0.1, -0.05) is 6.42 Å². The fraction of sp³-hybridized carbons (Fsp3) is 0.583. The van der Waals surface area contributed by atoms with Gasteiger partial charge in [-0.2, -0.15) is 5.10 Å². The molecule has 0 radical (unpaired) electrons. The van der Waals surface area contributed by atoms with E-state index in [4.69, 9.17) is 5.73 Å². The molecule has 2 aromatic heterocycles. The van der Waals surface area contributed by atoms with E-state index < -0.39 is 0 Å². The minimum Gasteiger partial charge on any atom is -0.396 e. The van der Waals surface area contributed by atoms with E-state index in [-0.39, 0.29) is 6.04 Å². The van der Waals surface area contributed by atoms with Gasteiger partial charge in [-0.25, -0.2) is 0 Å². The Bertz CT molecular complexity index is 541. The maximum absolute atomic E-state index is 5.71. The number of nitrogens with two attached hydrogens (primary N) is 1. The van der Waals surface area contributed by atoms with E-state index in [9.17, 15) is 0 Å². The van der Waals surface area contributed by atoms with Crippen LogP contribution in [-0.2, 0) is 13.0 Å². The van der Waals surface area contributed by atoms with Crippen molar-refractivity contribution in [1.29, 1.82) is 0 Å². The quantitative estimate of drug-likeness (QED) is 0.869. The molecule has 6 nitrogen and oxygen atoms in total. The second-order valence-corrected chi connectivity index (χ2v) is 4.87. The Morgan fingerprint density at radius 3 is 2.94 bits per heavy atom. The zero-order chi connectivity index (χ0) is 12.5. The van der Waals surface area contributed by atoms with Gasteiger partial charge in [-0.05, 0) is 19.8 Å². The Hall–Kier alpha value is -1.85. The number of nitrogens with zero attached hydrogens (tertiary/aromatic N) is 5. The van der Waals surface area contributed by atoms with Gasteiger partial charge in [0.2, 0.25) is 0 Å². The number of fused-ring (bicyclic) bond motifs is 1. The average molecular weight is 246 g/mol. The van der Waals surface area contributed by atoms with Crippen molar-refractivity contribution in [2.45, 2.75) is 45.2 Å². The molecule has 0 aromatic carbocycles. The third kappa shape index (κ3) is 1.87. The highest BCUT2D eigenvalue weighted by Crippen LogP contribution is 2.21. The van der Waals surface area contributed by atoms with E-state index in [1.54, 1.807) is 6.20 Å². The van der Waals surface area contributed by atoms with E-state index in [1.165, 1.54) is 19.3 Å². The number of nitrogen functional groups attached to an aromatic ring is 1. The molecule has 0 fully saturated rings. The van der Waals surface area contributed by atoms with Gasteiger partial charge in [-0.15, -0.1) is 10.2 Å². The lowest BCUT2D eigenvalue weighted by Crippen LogP contribution is -2.15. The van der Waals surface area contributed by atoms with Crippen LogP contribution in [-0.4, -0.2) is 24.5 Å².